The molecule has 0 spiro atoms. The molecule has 0 bridgehead atoms. The monoisotopic (exact) mass is 687 g/mol. The van der Waals surface area contributed by atoms with Gasteiger partial charge in [-0.1, -0.05) is 18.2 Å². The maximum atomic E-state index is 13.1. The predicted molar refractivity (Wildman–Crippen MR) is 197 cm³/mol. The number of nitrogens with zero attached hydrogens (tertiary/aromatic N) is 4. The number of amides is 3. The van der Waals surface area contributed by atoms with E-state index in [9.17, 15) is 19.5 Å². The SMILES string of the molecule is O=C1CCC(N2Cc3cc(N4CCN(CC5CCN(c6ccc([C@H]7c8ccc(O)cc8CC[C@H]7C7CC7)cc6)CC5)CC4)ccc3C2=O)C(=O)N1. The molecule has 9 nitrogen and oxygen atoms in total. The van der Waals surface area contributed by atoms with Gasteiger partial charge in [0.05, 0.1) is 0 Å². The first-order chi connectivity index (χ1) is 24.9. The van der Waals surface area contributed by atoms with E-state index >= 15 is 0 Å². The number of fused-ring (bicyclic) bond motifs is 2. The molecule has 51 heavy (non-hydrogen) atoms. The highest BCUT2D eigenvalue weighted by Gasteiger charge is 2.41. The lowest BCUT2D eigenvalue weighted by Gasteiger charge is -2.40. The Balaban J connectivity index is 0.765. The first-order valence-corrected chi connectivity index (χ1v) is 19.3. The van der Waals surface area contributed by atoms with E-state index in [1.165, 1.54) is 54.5 Å². The van der Waals surface area contributed by atoms with Gasteiger partial charge in [-0.15, -0.1) is 0 Å². The third-order valence-corrected chi connectivity index (χ3v) is 12.9. The van der Waals surface area contributed by atoms with E-state index in [1.54, 1.807) is 4.90 Å². The van der Waals surface area contributed by atoms with Crippen LogP contribution in [-0.4, -0.2) is 84.5 Å². The average Bonchev–Trinajstić information content (AvgIpc) is 3.95. The maximum absolute atomic E-state index is 13.1. The number of piperidine rings is 2. The third kappa shape index (κ3) is 6.39. The van der Waals surface area contributed by atoms with Crippen molar-refractivity contribution in [3.05, 3.63) is 88.5 Å². The number of carbonyl (C=O) groups is 3. The Bertz CT molecular complexity index is 1820. The van der Waals surface area contributed by atoms with E-state index in [1.807, 2.05) is 24.3 Å². The molecule has 9 rings (SSSR count). The largest absolute Gasteiger partial charge is 0.508 e. The predicted octanol–water partition coefficient (Wildman–Crippen LogP) is 5.30. The molecule has 3 atom stereocenters. The van der Waals surface area contributed by atoms with Gasteiger partial charge in [0.25, 0.3) is 5.91 Å². The van der Waals surface area contributed by atoms with Crippen LogP contribution in [0.15, 0.2) is 60.7 Å². The highest BCUT2D eigenvalue weighted by atomic mass is 16.3. The Morgan fingerprint density at radius 1 is 0.706 bits per heavy atom. The highest BCUT2D eigenvalue weighted by Crippen LogP contribution is 2.52. The molecule has 2 aliphatic carbocycles. The Morgan fingerprint density at radius 2 is 1.45 bits per heavy atom. The molecule has 4 fully saturated rings. The Labute approximate surface area is 300 Å². The molecule has 3 aromatic rings. The highest BCUT2D eigenvalue weighted by molar-refractivity contribution is 6.05. The van der Waals surface area contributed by atoms with Crippen molar-refractivity contribution in [2.45, 2.75) is 69.9 Å². The van der Waals surface area contributed by atoms with Gasteiger partial charge in [-0.05, 0) is 127 Å². The number of hydrogen-bond acceptors (Lipinski definition) is 7. The summed E-state index contributed by atoms with van der Waals surface area (Å²) in [4.78, 5) is 46.4. The fraction of sp³-hybridized carbons (Fsp3) is 0.500. The average molecular weight is 688 g/mol. The van der Waals surface area contributed by atoms with Gasteiger partial charge in [-0.2, -0.15) is 0 Å². The lowest BCUT2D eigenvalue weighted by molar-refractivity contribution is -0.136. The first-order valence-electron chi connectivity index (χ1n) is 19.3. The number of imide groups is 1. The Morgan fingerprint density at radius 3 is 2.20 bits per heavy atom. The van der Waals surface area contributed by atoms with Crippen molar-refractivity contribution in [3.63, 3.8) is 0 Å². The molecule has 1 saturated carbocycles. The van der Waals surface area contributed by atoms with Crippen molar-refractivity contribution >= 4 is 29.1 Å². The number of aryl methyl sites for hydroxylation is 1. The van der Waals surface area contributed by atoms with Crippen molar-refractivity contribution in [1.29, 1.82) is 0 Å². The molecule has 4 heterocycles. The van der Waals surface area contributed by atoms with E-state index in [4.69, 9.17) is 0 Å². The summed E-state index contributed by atoms with van der Waals surface area (Å²) in [6, 6.07) is 21.0. The Kier molecular flexibility index (Phi) is 8.49. The van der Waals surface area contributed by atoms with Crippen molar-refractivity contribution in [2.75, 3.05) is 55.6 Å². The summed E-state index contributed by atoms with van der Waals surface area (Å²) < 4.78 is 0. The van der Waals surface area contributed by atoms with Gasteiger partial charge < -0.3 is 19.8 Å². The van der Waals surface area contributed by atoms with E-state index in [2.05, 4.69) is 56.4 Å². The Hall–Kier alpha value is -4.37. The first kappa shape index (κ1) is 32.5. The molecule has 3 aromatic carbocycles. The van der Waals surface area contributed by atoms with Crippen LogP contribution < -0.4 is 15.1 Å². The summed E-state index contributed by atoms with van der Waals surface area (Å²) in [5.41, 5.74) is 8.29. The summed E-state index contributed by atoms with van der Waals surface area (Å²) >= 11 is 0. The lowest BCUT2D eigenvalue weighted by Crippen LogP contribution is -2.52. The molecular weight excluding hydrogens is 638 g/mol. The van der Waals surface area contributed by atoms with Crippen LogP contribution in [0, 0.1) is 17.8 Å². The topological polar surface area (TPSA) is 96.4 Å². The molecule has 3 amide bonds. The minimum Gasteiger partial charge on any atom is -0.508 e. The number of rotatable bonds is 7. The molecule has 9 heteroatoms. The number of aromatic hydroxyl groups is 1. The van der Waals surface area contributed by atoms with Gasteiger partial charge in [0.2, 0.25) is 11.8 Å². The number of nitrogens with one attached hydrogen (secondary N) is 1. The van der Waals surface area contributed by atoms with Crippen LogP contribution in [0.3, 0.4) is 0 Å². The van der Waals surface area contributed by atoms with Crippen LogP contribution in [0.5, 0.6) is 5.75 Å². The maximum Gasteiger partial charge on any atom is 0.255 e. The third-order valence-electron chi connectivity index (χ3n) is 12.9. The zero-order valence-electron chi connectivity index (χ0n) is 29.4. The molecule has 4 aliphatic heterocycles. The van der Waals surface area contributed by atoms with E-state index in [0.717, 1.165) is 69.4 Å². The quantitative estimate of drug-likeness (QED) is 0.326. The molecule has 0 radical (unpaired) electrons. The standard InChI is InChI=1S/C42H49N5O4/c48-34-9-12-36-30(24-34)5-10-35(28-1-2-28)40(36)29-3-6-32(7-4-29)45-17-15-27(16-18-45)25-44-19-21-46(22-20-44)33-8-11-37-31(23-33)26-47(42(37)51)38-13-14-39(49)43-41(38)50/h3-4,6-9,11-12,23-24,27-28,35,38,40,48H,1-2,5,10,13-22,25-26H2,(H,43,49,50)/t35-,38?,40+/m0/s1. The minimum atomic E-state index is -0.579. The number of anilines is 2. The van der Waals surface area contributed by atoms with Crippen LogP contribution in [0.1, 0.15) is 83.5 Å². The summed E-state index contributed by atoms with van der Waals surface area (Å²) in [5, 5.41) is 12.5. The van der Waals surface area contributed by atoms with Crippen molar-refractivity contribution in [2.24, 2.45) is 17.8 Å². The summed E-state index contributed by atoms with van der Waals surface area (Å²) in [6.07, 6.45) is 8.12. The van der Waals surface area contributed by atoms with E-state index in [0.29, 0.717) is 42.0 Å². The molecular formula is C42H49N5O4. The van der Waals surface area contributed by atoms with Gasteiger partial charge >= 0.3 is 0 Å². The fourth-order valence-corrected chi connectivity index (χ4v) is 9.87. The van der Waals surface area contributed by atoms with Crippen LogP contribution in [0.4, 0.5) is 11.4 Å². The molecule has 0 aromatic heterocycles. The molecule has 266 valence electrons. The van der Waals surface area contributed by atoms with E-state index < -0.39 is 6.04 Å². The van der Waals surface area contributed by atoms with Crippen LogP contribution >= 0.6 is 0 Å². The number of phenols is 1. The number of carbonyl (C=O) groups excluding carboxylic acids is 3. The molecule has 6 aliphatic rings. The number of hydrogen-bond donors (Lipinski definition) is 2. The second-order valence-corrected chi connectivity index (χ2v) is 16.0. The number of piperazine rings is 1. The molecule has 3 saturated heterocycles. The van der Waals surface area contributed by atoms with Crippen LogP contribution in [0.25, 0.3) is 0 Å². The zero-order chi connectivity index (χ0) is 34.6. The summed E-state index contributed by atoms with van der Waals surface area (Å²) in [7, 11) is 0. The van der Waals surface area contributed by atoms with Gasteiger partial charge in [0.1, 0.15) is 11.8 Å². The summed E-state index contributed by atoms with van der Waals surface area (Å²) in [6.45, 7) is 7.76. The normalized spacial score (nSPS) is 25.9. The van der Waals surface area contributed by atoms with E-state index in [-0.39, 0.29) is 24.1 Å². The fourth-order valence-electron chi connectivity index (χ4n) is 9.87. The van der Waals surface area contributed by atoms with Gasteiger partial charge in [-0.3, -0.25) is 24.6 Å². The van der Waals surface area contributed by atoms with Crippen LogP contribution in [-0.2, 0) is 22.6 Å². The minimum absolute atomic E-state index is 0.117. The number of benzene rings is 3. The molecule has 1 unspecified atom stereocenters. The second kappa shape index (κ2) is 13.3. The van der Waals surface area contributed by atoms with Gasteiger partial charge in [-0.25, -0.2) is 0 Å². The van der Waals surface area contributed by atoms with Crippen molar-refractivity contribution in [1.82, 2.24) is 15.1 Å². The number of phenolic OH excluding ortho intramolecular Hbond substituents is 1. The molecule has 2 N–H and O–H groups in total. The van der Waals surface area contributed by atoms with Gasteiger partial charge in [0.15, 0.2) is 0 Å². The lowest BCUT2D eigenvalue weighted by atomic mass is 9.70. The van der Waals surface area contributed by atoms with Crippen molar-refractivity contribution in [3.8, 4) is 5.75 Å². The second-order valence-electron chi connectivity index (χ2n) is 16.0. The zero-order valence-corrected chi connectivity index (χ0v) is 29.4. The van der Waals surface area contributed by atoms with Crippen molar-refractivity contribution < 1.29 is 19.5 Å². The van der Waals surface area contributed by atoms with Gasteiger partial charge in [0, 0.05) is 81.6 Å². The van der Waals surface area contributed by atoms with Crippen LogP contribution in [0.2, 0.25) is 0 Å². The summed E-state index contributed by atoms with van der Waals surface area (Å²) in [5.74, 6) is 2.35. The smallest absolute Gasteiger partial charge is 0.255 e.